The van der Waals surface area contributed by atoms with Gasteiger partial charge < -0.3 is 56.8 Å². The number of esters is 4. The quantitative estimate of drug-likeness (QED) is 0.0279. The third kappa shape index (κ3) is 18.0. The number of hydrogen-bond acceptors (Lipinski definition) is 16. The molecular formula is C64H86O16. The Kier molecular flexibility index (Phi) is 23.8. The van der Waals surface area contributed by atoms with E-state index in [1.54, 1.807) is 21.3 Å². The first kappa shape index (κ1) is 63.1. The van der Waals surface area contributed by atoms with Gasteiger partial charge >= 0.3 is 23.9 Å². The minimum atomic E-state index is -0.487. The number of rotatable bonds is 24. The van der Waals surface area contributed by atoms with Gasteiger partial charge in [0.05, 0.1) is 50.6 Å². The van der Waals surface area contributed by atoms with Crippen molar-refractivity contribution < 1.29 is 76.0 Å². The van der Waals surface area contributed by atoms with Gasteiger partial charge in [-0.05, 0) is 109 Å². The van der Waals surface area contributed by atoms with E-state index in [0.717, 1.165) is 73.7 Å². The van der Waals surface area contributed by atoms with Crippen LogP contribution in [-0.2, 0) is 67.9 Å². The largest absolute Gasteiger partial charge is 0.491 e. The van der Waals surface area contributed by atoms with Crippen molar-refractivity contribution in [2.75, 3.05) is 81.3 Å². The zero-order valence-corrected chi connectivity index (χ0v) is 47.6. The summed E-state index contributed by atoms with van der Waals surface area (Å²) in [7, 11) is 6.18. The first-order chi connectivity index (χ1) is 38.0. The molecule has 0 bridgehead atoms. The molecule has 0 N–H and O–H groups in total. The van der Waals surface area contributed by atoms with Crippen molar-refractivity contribution >= 4 is 23.9 Å². The highest BCUT2D eigenvalue weighted by atomic mass is 16.6. The Morgan fingerprint density at radius 3 is 1.38 bits per heavy atom. The summed E-state index contributed by atoms with van der Waals surface area (Å²) in [5.74, 6) is 1.26. The predicted octanol–water partition coefficient (Wildman–Crippen LogP) is 10.3. The van der Waals surface area contributed by atoms with Gasteiger partial charge in [0.25, 0.3) is 0 Å². The molecule has 16 heteroatoms. The van der Waals surface area contributed by atoms with Crippen molar-refractivity contribution in [1.82, 2.24) is 0 Å². The van der Waals surface area contributed by atoms with Crippen LogP contribution in [0.25, 0.3) is 0 Å². The van der Waals surface area contributed by atoms with Gasteiger partial charge in [0.2, 0.25) is 0 Å². The number of fused-ring (bicyclic) bond motifs is 1. The highest BCUT2D eigenvalue weighted by Crippen LogP contribution is 2.40. The lowest BCUT2D eigenvalue weighted by atomic mass is 9.76. The first-order valence-corrected chi connectivity index (χ1v) is 27.7. The number of carbonyl (C=O) groups is 4. The fraction of sp³-hybridized carbons (Fsp3) is 0.562. The van der Waals surface area contributed by atoms with Crippen LogP contribution < -0.4 is 18.9 Å². The smallest absolute Gasteiger partial charge is 0.317 e. The van der Waals surface area contributed by atoms with Gasteiger partial charge in [-0.15, -0.1) is 0 Å². The summed E-state index contributed by atoms with van der Waals surface area (Å²) in [6.45, 7) is 14.8. The number of hydrogen-bond donors (Lipinski definition) is 0. The van der Waals surface area contributed by atoms with E-state index in [-0.39, 0.29) is 79.5 Å². The van der Waals surface area contributed by atoms with E-state index < -0.39 is 23.9 Å². The molecule has 2 aliphatic carbocycles. The zero-order valence-electron chi connectivity index (χ0n) is 47.6. The summed E-state index contributed by atoms with van der Waals surface area (Å²) < 4.78 is 65.3. The molecule has 4 aromatic rings. The van der Waals surface area contributed by atoms with Crippen LogP contribution in [0.1, 0.15) is 109 Å². The molecular weight excluding hydrogens is 1020 g/mol. The van der Waals surface area contributed by atoms with Crippen LogP contribution in [0.5, 0.6) is 23.0 Å². The number of epoxide rings is 2. The van der Waals surface area contributed by atoms with Crippen molar-refractivity contribution in [2.45, 2.75) is 122 Å². The minimum Gasteiger partial charge on any atom is -0.491 e. The molecule has 0 spiro atoms. The second-order valence-electron chi connectivity index (χ2n) is 22.2. The lowest BCUT2D eigenvalue weighted by molar-refractivity contribution is -0.163. The normalized spacial score (nSPS) is 22.6. The fourth-order valence-electron chi connectivity index (χ4n) is 10.2. The monoisotopic (exact) mass is 1110 g/mol. The van der Waals surface area contributed by atoms with Crippen LogP contribution >= 0.6 is 0 Å². The average Bonchev–Trinajstić information content (AvgIpc) is 4.43. The van der Waals surface area contributed by atoms with E-state index >= 15 is 0 Å². The van der Waals surface area contributed by atoms with Gasteiger partial charge in [0.15, 0.2) is 0 Å². The van der Waals surface area contributed by atoms with Crippen molar-refractivity contribution in [3.63, 3.8) is 0 Å². The molecule has 2 saturated carbocycles. The molecule has 9 unspecified atom stereocenters. The minimum absolute atomic E-state index is 0. The van der Waals surface area contributed by atoms with E-state index in [2.05, 4.69) is 75.8 Å². The summed E-state index contributed by atoms with van der Waals surface area (Å²) >= 11 is 0. The van der Waals surface area contributed by atoms with Crippen LogP contribution in [-0.4, -0.2) is 130 Å². The van der Waals surface area contributed by atoms with E-state index in [1.807, 2.05) is 60.7 Å². The van der Waals surface area contributed by atoms with Gasteiger partial charge in [-0.25, -0.2) is 0 Å². The second kappa shape index (κ2) is 30.1. The van der Waals surface area contributed by atoms with Crippen LogP contribution in [0, 0.1) is 29.6 Å². The van der Waals surface area contributed by atoms with Crippen molar-refractivity contribution in [3.8, 4) is 23.0 Å². The lowest BCUT2D eigenvalue weighted by Gasteiger charge is -2.28. The molecule has 5 fully saturated rings. The molecule has 3 heterocycles. The van der Waals surface area contributed by atoms with E-state index in [4.69, 9.17) is 52.1 Å². The number of methoxy groups -OCH3 is 4. The summed E-state index contributed by atoms with van der Waals surface area (Å²) in [6, 6.07) is 32.6. The lowest BCUT2D eigenvalue weighted by Crippen LogP contribution is -2.36. The van der Waals surface area contributed by atoms with Crippen LogP contribution in [0.2, 0.25) is 0 Å². The Morgan fingerprint density at radius 1 is 0.550 bits per heavy atom. The van der Waals surface area contributed by atoms with Gasteiger partial charge in [-0.1, -0.05) is 103 Å². The van der Waals surface area contributed by atoms with E-state index in [1.165, 1.54) is 18.2 Å². The SMILES string of the molecule is C.CC(C)(c1cccc(OCC2CO2)c1)c1cccc(OCC2CO2)c1.CC1CCC2C(=O)OC(=O)C2C1.COCC(COc1cccc(C(C)(C)c2cccc(OCC(COC(=O)C3CCCCC3C(=O)OC)OC)c2)c1)OC. The van der Waals surface area contributed by atoms with Gasteiger partial charge in [-0.3, -0.25) is 19.2 Å². The molecule has 0 aromatic heterocycles. The molecule has 9 rings (SSSR count). The fourth-order valence-corrected chi connectivity index (χ4v) is 10.2. The molecule has 9 atom stereocenters. The molecule has 3 aliphatic heterocycles. The Balaban J connectivity index is 0.000000226. The molecule has 0 radical (unpaired) electrons. The third-order valence-corrected chi connectivity index (χ3v) is 15.7. The number of carbonyl (C=O) groups excluding carboxylic acids is 4. The van der Waals surface area contributed by atoms with Crippen molar-refractivity contribution in [3.05, 3.63) is 119 Å². The Labute approximate surface area is 473 Å². The molecule has 80 heavy (non-hydrogen) atoms. The molecule has 0 amide bonds. The number of benzene rings is 4. The maximum Gasteiger partial charge on any atom is 0.317 e. The number of ether oxygens (including phenoxy) is 12. The summed E-state index contributed by atoms with van der Waals surface area (Å²) in [5.41, 5.74) is 4.10. The molecule has 438 valence electrons. The van der Waals surface area contributed by atoms with Crippen LogP contribution in [0.15, 0.2) is 97.1 Å². The van der Waals surface area contributed by atoms with E-state index in [9.17, 15) is 19.2 Å². The average molecular weight is 1110 g/mol. The molecule has 5 aliphatic rings. The molecule has 3 saturated heterocycles. The van der Waals surface area contributed by atoms with Gasteiger partial charge in [0, 0.05) is 32.2 Å². The molecule has 16 nitrogen and oxygen atoms in total. The summed E-state index contributed by atoms with van der Waals surface area (Å²) in [6.07, 6.45) is 5.66. The summed E-state index contributed by atoms with van der Waals surface area (Å²) in [4.78, 5) is 47.2. The van der Waals surface area contributed by atoms with Gasteiger partial charge in [0.1, 0.15) is 80.4 Å². The number of cyclic esters (lactones) is 2. The van der Waals surface area contributed by atoms with Crippen molar-refractivity contribution in [1.29, 1.82) is 0 Å². The third-order valence-electron chi connectivity index (χ3n) is 15.7. The predicted molar refractivity (Wildman–Crippen MR) is 301 cm³/mol. The standard InChI is InChI=1S/C33H46O9.C21H24O4.C9H12O3.CH4/c1-33(2,23-11-9-13-25(17-23)40-20-27(37-4)19-36-3)24-12-10-14-26(18-24)41-21-28(38-5)22-42-32(35)30-16-8-7-15-29(30)31(34)39-6;1-21(2,15-5-3-7-17(9-15)22-11-19-13-24-19)16-6-4-8-18(10-16)23-12-20-14-25-20;1-5-2-3-6-7(4-5)9(11)12-8(6)10;/h9-14,17-18,27-30H,7-8,15-16,19-22H2,1-6H3;3-10,19-20H,11-14H2,1-2H3;5-7H,2-4H2,1H3;1H4. The van der Waals surface area contributed by atoms with Crippen LogP contribution in [0.3, 0.4) is 0 Å². The highest BCUT2D eigenvalue weighted by molar-refractivity contribution is 5.96. The van der Waals surface area contributed by atoms with Gasteiger partial charge in [-0.2, -0.15) is 0 Å². The Morgan fingerprint density at radius 2 is 0.963 bits per heavy atom. The molecule has 4 aromatic carbocycles. The Bertz CT molecular complexity index is 2540. The zero-order chi connectivity index (χ0) is 56.5. The highest BCUT2D eigenvalue weighted by Gasteiger charge is 2.46. The maximum atomic E-state index is 12.8. The topological polar surface area (TPSA) is 186 Å². The van der Waals surface area contributed by atoms with Crippen molar-refractivity contribution in [2.24, 2.45) is 29.6 Å². The maximum absolute atomic E-state index is 12.8. The first-order valence-electron chi connectivity index (χ1n) is 27.7. The second-order valence-corrected chi connectivity index (χ2v) is 22.2. The Hall–Kier alpha value is -6.04. The van der Waals surface area contributed by atoms with E-state index in [0.29, 0.717) is 50.9 Å². The van der Waals surface area contributed by atoms with Crippen LogP contribution in [0.4, 0.5) is 0 Å². The summed E-state index contributed by atoms with van der Waals surface area (Å²) in [5, 5.41) is 0.